The number of carbonyl (C=O) groups excluding carboxylic acids is 1. The third kappa shape index (κ3) is 4.63. The molecule has 3 heterocycles. The molecule has 0 aliphatic carbocycles. The van der Waals surface area contributed by atoms with Gasteiger partial charge >= 0.3 is 0 Å². The number of methoxy groups -OCH3 is 1. The summed E-state index contributed by atoms with van der Waals surface area (Å²) in [5.41, 5.74) is 12.5. The number of benzene rings is 4. The van der Waals surface area contributed by atoms with Crippen molar-refractivity contribution in [3.8, 4) is 5.75 Å². The van der Waals surface area contributed by atoms with Crippen molar-refractivity contribution in [3.63, 3.8) is 0 Å². The zero-order valence-corrected chi connectivity index (χ0v) is 26.1. The van der Waals surface area contributed by atoms with Crippen molar-refractivity contribution >= 4 is 32.4 Å². The van der Waals surface area contributed by atoms with Crippen LogP contribution < -0.4 is 9.04 Å². The molecule has 1 aromatic heterocycles. The lowest BCUT2D eigenvalue weighted by Gasteiger charge is -2.49. The molecule has 0 amide bonds. The van der Waals surface area contributed by atoms with Gasteiger partial charge < -0.3 is 9.30 Å². The number of sulfonamides is 1. The number of para-hydroxylation sites is 2. The lowest BCUT2D eigenvalue weighted by atomic mass is 9.78. The minimum absolute atomic E-state index is 0.0308. The van der Waals surface area contributed by atoms with Crippen LogP contribution in [0.25, 0.3) is 21.3 Å². The summed E-state index contributed by atoms with van der Waals surface area (Å²) in [7, 11) is -2.34. The van der Waals surface area contributed by atoms with E-state index in [0.717, 1.165) is 27.8 Å². The molecule has 0 saturated carbocycles. The number of rotatable bonds is 8. The minimum Gasteiger partial charge on any atom is -0.497 e. The molecular weight excluding hydrogens is 600 g/mol. The first-order valence-corrected chi connectivity index (χ1v) is 16.5. The second-order valence-corrected chi connectivity index (χ2v) is 13.4. The molecule has 7 rings (SSSR count). The quantitative estimate of drug-likeness (QED) is 0.110. The second kappa shape index (κ2) is 11.7. The van der Waals surface area contributed by atoms with Crippen molar-refractivity contribution in [2.24, 2.45) is 5.11 Å². The number of hydrogen-bond donors (Lipinski definition) is 0. The van der Waals surface area contributed by atoms with Gasteiger partial charge in [-0.3, -0.25) is 14.0 Å². The number of nitrogens with zero attached hydrogens (tertiary/aromatic N) is 6. The summed E-state index contributed by atoms with van der Waals surface area (Å²) in [5.74, 6) is 0.611. The highest BCUT2D eigenvalue weighted by molar-refractivity contribution is 7.92. The standard InChI is InChI=1S/C35H32N6O4S/c1-45-26-17-15-25(16-18-26)23-40-31-13-7-5-11-28(31)29-19-22-39-24-41(46(43,44)27-9-3-2-4-10-27)32-14-8-6-12-30(32)35(39,20-21-37-38-36)34(42)33(29)40/h2-18H,19-24H2,1H3. The van der Waals surface area contributed by atoms with Crippen molar-refractivity contribution in [3.05, 3.63) is 136 Å². The van der Waals surface area contributed by atoms with Crippen LogP contribution in [0.1, 0.15) is 33.6 Å². The number of azide groups is 1. The molecule has 1 atom stereocenters. The summed E-state index contributed by atoms with van der Waals surface area (Å²) in [6, 6.07) is 31.4. The molecule has 0 N–H and O–H groups in total. The highest BCUT2D eigenvalue weighted by Crippen LogP contribution is 2.49. The smallest absolute Gasteiger partial charge is 0.265 e. The van der Waals surface area contributed by atoms with Gasteiger partial charge in [0.2, 0.25) is 5.78 Å². The van der Waals surface area contributed by atoms with Gasteiger partial charge in [-0.2, -0.15) is 0 Å². The van der Waals surface area contributed by atoms with Crippen molar-refractivity contribution < 1.29 is 17.9 Å². The Kier molecular flexibility index (Phi) is 7.52. The fraction of sp³-hybridized carbons (Fsp3) is 0.229. The van der Waals surface area contributed by atoms with Gasteiger partial charge in [0.25, 0.3) is 10.0 Å². The first kappa shape index (κ1) is 29.6. The number of anilines is 1. The third-order valence-corrected chi connectivity index (χ3v) is 11.0. The van der Waals surface area contributed by atoms with Crippen LogP contribution in [0.4, 0.5) is 5.69 Å². The molecule has 11 heteroatoms. The Labute approximate surface area is 267 Å². The Morgan fingerprint density at radius 1 is 0.935 bits per heavy atom. The molecule has 2 aliphatic rings. The molecule has 46 heavy (non-hydrogen) atoms. The number of hydrogen-bond acceptors (Lipinski definition) is 6. The molecule has 0 radical (unpaired) electrons. The van der Waals surface area contributed by atoms with E-state index in [4.69, 9.17) is 4.74 Å². The van der Waals surface area contributed by atoms with Crippen LogP contribution in [0.5, 0.6) is 5.75 Å². The average molecular weight is 633 g/mol. The number of carbonyl (C=O) groups is 1. The SMILES string of the molecule is COc1ccc(Cn2c3c(c4ccccc42)CCN2CN(S(=O)(=O)c4ccccc4)c4ccccc4C2(CCN=[N+]=[N-])C3=O)cc1. The van der Waals surface area contributed by atoms with E-state index in [1.165, 1.54) is 4.31 Å². The fourth-order valence-corrected chi connectivity index (χ4v) is 8.55. The molecule has 5 aromatic rings. The minimum atomic E-state index is -3.97. The van der Waals surface area contributed by atoms with Gasteiger partial charge in [-0.1, -0.05) is 71.8 Å². The van der Waals surface area contributed by atoms with E-state index < -0.39 is 15.6 Å². The highest BCUT2D eigenvalue weighted by atomic mass is 32.2. The Hall–Kier alpha value is -5.09. The Balaban J connectivity index is 1.45. The first-order chi connectivity index (χ1) is 22.4. The number of ketones is 1. The Morgan fingerprint density at radius 3 is 2.41 bits per heavy atom. The van der Waals surface area contributed by atoms with Crippen LogP contribution in [-0.4, -0.2) is 50.5 Å². The second-order valence-electron chi connectivity index (χ2n) is 11.5. The van der Waals surface area contributed by atoms with Crippen molar-refractivity contribution in [2.45, 2.75) is 29.8 Å². The summed E-state index contributed by atoms with van der Waals surface area (Å²) in [6.45, 7) is 0.901. The molecule has 2 aliphatic heterocycles. The monoisotopic (exact) mass is 632 g/mol. The van der Waals surface area contributed by atoms with E-state index in [2.05, 4.69) is 14.6 Å². The molecule has 10 nitrogen and oxygen atoms in total. The number of ether oxygens (including phenoxy) is 1. The van der Waals surface area contributed by atoms with Crippen LogP contribution in [0, 0.1) is 0 Å². The zero-order chi connectivity index (χ0) is 31.9. The maximum atomic E-state index is 15.5. The van der Waals surface area contributed by atoms with Crippen molar-refractivity contribution in [2.75, 3.05) is 31.2 Å². The summed E-state index contributed by atoms with van der Waals surface area (Å²) in [6.07, 6.45) is 0.720. The van der Waals surface area contributed by atoms with Crippen LogP contribution in [-0.2, 0) is 28.5 Å². The topological polar surface area (TPSA) is 121 Å². The maximum Gasteiger partial charge on any atom is 0.265 e. The van der Waals surface area contributed by atoms with E-state index in [1.807, 2.05) is 65.6 Å². The van der Waals surface area contributed by atoms with Gasteiger partial charge in [0.05, 0.1) is 30.1 Å². The van der Waals surface area contributed by atoms with Gasteiger partial charge in [-0.25, -0.2) is 8.42 Å². The number of aromatic nitrogens is 1. The van der Waals surface area contributed by atoms with E-state index in [0.29, 0.717) is 36.5 Å². The van der Waals surface area contributed by atoms with Crippen molar-refractivity contribution in [1.29, 1.82) is 0 Å². The maximum absolute atomic E-state index is 15.5. The van der Waals surface area contributed by atoms with Gasteiger partial charge in [0.15, 0.2) is 0 Å². The molecular formula is C35H32N6O4S. The van der Waals surface area contributed by atoms with Gasteiger partial charge in [-0.05, 0) is 65.9 Å². The summed E-state index contributed by atoms with van der Waals surface area (Å²) in [5, 5.41) is 4.85. The number of Topliss-reactive ketones (excluding diaryl/α,β-unsaturated/α-hetero) is 1. The highest BCUT2D eigenvalue weighted by Gasteiger charge is 2.54. The van der Waals surface area contributed by atoms with E-state index in [-0.39, 0.29) is 30.3 Å². The van der Waals surface area contributed by atoms with E-state index in [9.17, 15) is 13.9 Å². The Morgan fingerprint density at radius 2 is 1.65 bits per heavy atom. The Bertz CT molecular complexity index is 2110. The normalized spacial score (nSPS) is 17.8. The van der Waals surface area contributed by atoms with Gasteiger partial charge in [-0.15, -0.1) is 0 Å². The average Bonchev–Trinajstić information content (AvgIpc) is 3.33. The van der Waals surface area contributed by atoms with Gasteiger partial charge in [0, 0.05) is 41.0 Å². The predicted molar refractivity (Wildman–Crippen MR) is 176 cm³/mol. The van der Waals surface area contributed by atoms with Crippen LogP contribution in [0.2, 0.25) is 0 Å². The van der Waals surface area contributed by atoms with Crippen LogP contribution in [0.15, 0.2) is 113 Å². The summed E-state index contributed by atoms with van der Waals surface area (Å²) >= 11 is 0. The van der Waals surface area contributed by atoms with Crippen LogP contribution >= 0.6 is 0 Å². The third-order valence-electron chi connectivity index (χ3n) is 9.22. The molecule has 232 valence electrons. The van der Waals surface area contributed by atoms with E-state index in [1.54, 1.807) is 49.6 Å². The summed E-state index contributed by atoms with van der Waals surface area (Å²) < 4.78 is 37.1. The molecule has 0 saturated heterocycles. The molecule has 0 spiro atoms. The largest absolute Gasteiger partial charge is 0.497 e. The molecule has 0 bridgehead atoms. The zero-order valence-electron chi connectivity index (χ0n) is 25.3. The molecule has 0 fully saturated rings. The number of fused-ring (bicyclic) bond motifs is 6. The van der Waals surface area contributed by atoms with Crippen LogP contribution in [0.3, 0.4) is 0 Å². The summed E-state index contributed by atoms with van der Waals surface area (Å²) in [4.78, 5) is 20.6. The molecule has 4 aromatic carbocycles. The van der Waals surface area contributed by atoms with Crippen molar-refractivity contribution in [1.82, 2.24) is 9.47 Å². The fourth-order valence-electron chi connectivity index (χ4n) is 7.09. The van der Waals surface area contributed by atoms with E-state index >= 15 is 4.79 Å². The lowest BCUT2D eigenvalue weighted by Crippen LogP contribution is -2.60. The predicted octanol–water partition coefficient (Wildman–Crippen LogP) is 6.50. The first-order valence-electron chi connectivity index (χ1n) is 15.1. The lowest BCUT2D eigenvalue weighted by molar-refractivity contribution is 0.0493. The van der Waals surface area contributed by atoms with Gasteiger partial charge in [0.1, 0.15) is 11.3 Å². The molecule has 1 unspecified atom stereocenters.